The van der Waals surface area contributed by atoms with Gasteiger partial charge in [-0.05, 0) is 37.1 Å². The Balaban J connectivity index is 1.35. The maximum absolute atomic E-state index is 13.2. The van der Waals surface area contributed by atoms with Gasteiger partial charge in [-0.3, -0.25) is 14.4 Å². The highest BCUT2D eigenvalue weighted by Gasteiger charge is 2.34. The number of carbonyl (C=O) groups is 3. The first-order valence-electron chi connectivity index (χ1n) is 10.1. The second kappa shape index (κ2) is 7.37. The molecule has 0 spiro atoms. The van der Waals surface area contributed by atoms with Crippen LogP contribution in [0.1, 0.15) is 34.0 Å². The number of amides is 3. The van der Waals surface area contributed by atoms with Gasteiger partial charge in [0.1, 0.15) is 11.3 Å². The number of nitrogens with one attached hydrogen (secondary N) is 1. The number of carbonyl (C=O) groups excluding carboxylic acids is 3. The average Bonchev–Trinajstić information content (AvgIpc) is 3.37. The molecule has 0 unspecified atom stereocenters. The zero-order chi connectivity index (χ0) is 20.7. The van der Waals surface area contributed by atoms with Gasteiger partial charge in [0, 0.05) is 37.5 Å². The summed E-state index contributed by atoms with van der Waals surface area (Å²) < 4.78 is 11.0. The molecule has 1 aliphatic carbocycles. The molecule has 1 saturated heterocycles. The van der Waals surface area contributed by atoms with E-state index in [0.717, 1.165) is 12.8 Å². The van der Waals surface area contributed by atoms with Crippen molar-refractivity contribution in [1.29, 1.82) is 0 Å². The van der Waals surface area contributed by atoms with Gasteiger partial charge in [-0.25, -0.2) is 0 Å². The van der Waals surface area contributed by atoms with Gasteiger partial charge in [-0.2, -0.15) is 0 Å². The van der Waals surface area contributed by atoms with E-state index in [1.807, 2.05) is 18.2 Å². The zero-order valence-electron chi connectivity index (χ0n) is 16.3. The van der Waals surface area contributed by atoms with Crippen LogP contribution in [0.15, 0.2) is 51.5 Å². The molecule has 30 heavy (non-hydrogen) atoms. The van der Waals surface area contributed by atoms with Crippen LogP contribution in [0, 0.1) is 5.92 Å². The normalized spacial score (nSPS) is 16.7. The summed E-state index contributed by atoms with van der Waals surface area (Å²) in [5.41, 5.74) is 0.986. The summed E-state index contributed by atoms with van der Waals surface area (Å²) >= 11 is 0. The SMILES string of the molecule is O=C(Nc1c(C(=O)N2CCN(C(=O)c3ccco3)CC2)oc2ccccc12)C1CC1. The maximum Gasteiger partial charge on any atom is 0.291 e. The molecular weight excluding hydrogens is 386 g/mol. The van der Waals surface area contributed by atoms with Crippen molar-refractivity contribution in [2.45, 2.75) is 12.8 Å². The number of furan rings is 2. The first-order valence-corrected chi connectivity index (χ1v) is 10.1. The minimum atomic E-state index is -0.289. The molecule has 1 saturated carbocycles. The Kier molecular flexibility index (Phi) is 4.54. The van der Waals surface area contributed by atoms with Gasteiger partial charge in [0.05, 0.1) is 6.26 Å². The number of anilines is 1. The molecule has 5 rings (SSSR count). The van der Waals surface area contributed by atoms with Crippen LogP contribution in [-0.4, -0.2) is 53.7 Å². The summed E-state index contributed by atoms with van der Waals surface area (Å²) in [4.78, 5) is 41.3. The Morgan fingerprint density at radius 1 is 0.900 bits per heavy atom. The Hall–Kier alpha value is -3.55. The third-order valence-electron chi connectivity index (χ3n) is 5.57. The fourth-order valence-electron chi connectivity index (χ4n) is 3.70. The lowest BCUT2D eigenvalue weighted by Gasteiger charge is -2.34. The Labute approximate surface area is 172 Å². The van der Waals surface area contributed by atoms with Crippen LogP contribution in [0.4, 0.5) is 5.69 Å². The molecule has 8 nitrogen and oxygen atoms in total. The van der Waals surface area contributed by atoms with Crippen molar-refractivity contribution in [3.05, 3.63) is 54.2 Å². The highest BCUT2D eigenvalue weighted by atomic mass is 16.4. The molecular formula is C22H21N3O5. The van der Waals surface area contributed by atoms with Crippen molar-refractivity contribution in [2.75, 3.05) is 31.5 Å². The Morgan fingerprint density at radius 2 is 1.60 bits per heavy atom. The molecule has 1 aromatic carbocycles. The smallest absolute Gasteiger partial charge is 0.291 e. The van der Waals surface area contributed by atoms with Crippen molar-refractivity contribution in [3.8, 4) is 0 Å². The van der Waals surface area contributed by atoms with Gasteiger partial charge in [0.15, 0.2) is 5.76 Å². The molecule has 3 heterocycles. The number of fused-ring (bicyclic) bond motifs is 1. The molecule has 0 atom stereocenters. The summed E-state index contributed by atoms with van der Waals surface area (Å²) in [6, 6.07) is 10.6. The molecule has 154 valence electrons. The molecule has 3 amide bonds. The number of piperazine rings is 1. The van der Waals surface area contributed by atoms with E-state index in [-0.39, 0.29) is 35.2 Å². The van der Waals surface area contributed by atoms with Crippen LogP contribution < -0.4 is 5.32 Å². The minimum Gasteiger partial charge on any atom is -0.459 e. The van der Waals surface area contributed by atoms with Crippen LogP contribution >= 0.6 is 0 Å². The molecule has 0 radical (unpaired) electrons. The van der Waals surface area contributed by atoms with Gasteiger partial charge in [-0.15, -0.1) is 0 Å². The number of nitrogens with zero attached hydrogens (tertiary/aromatic N) is 2. The predicted molar refractivity (Wildman–Crippen MR) is 108 cm³/mol. The van der Waals surface area contributed by atoms with E-state index < -0.39 is 0 Å². The van der Waals surface area contributed by atoms with Gasteiger partial charge in [0.25, 0.3) is 11.8 Å². The van der Waals surface area contributed by atoms with Crippen molar-refractivity contribution < 1.29 is 23.2 Å². The number of hydrogen-bond acceptors (Lipinski definition) is 5. The Morgan fingerprint density at radius 3 is 2.27 bits per heavy atom. The molecule has 1 aliphatic heterocycles. The number of para-hydroxylation sites is 1. The summed E-state index contributed by atoms with van der Waals surface area (Å²) in [5.74, 6) is -0.119. The molecule has 3 aromatic rings. The fraction of sp³-hybridized carbons (Fsp3) is 0.318. The van der Waals surface area contributed by atoms with Crippen LogP contribution in [0.25, 0.3) is 11.0 Å². The van der Waals surface area contributed by atoms with Crippen LogP contribution in [0.5, 0.6) is 0 Å². The predicted octanol–water partition coefficient (Wildman–Crippen LogP) is 2.97. The third-order valence-corrected chi connectivity index (χ3v) is 5.57. The standard InChI is InChI=1S/C22H21N3O5/c26-20(14-7-8-14)23-18-15-4-1-2-5-16(15)30-19(18)22(28)25-11-9-24(10-12-25)21(27)17-6-3-13-29-17/h1-6,13-14H,7-12H2,(H,23,26). The molecule has 2 fully saturated rings. The maximum atomic E-state index is 13.2. The monoisotopic (exact) mass is 407 g/mol. The van der Waals surface area contributed by atoms with E-state index in [4.69, 9.17) is 8.83 Å². The van der Waals surface area contributed by atoms with Gasteiger partial charge < -0.3 is 24.0 Å². The van der Waals surface area contributed by atoms with Crippen LogP contribution in [-0.2, 0) is 4.79 Å². The highest BCUT2D eigenvalue weighted by molar-refractivity contribution is 6.11. The lowest BCUT2D eigenvalue weighted by atomic mass is 10.2. The van der Waals surface area contributed by atoms with Crippen LogP contribution in [0.3, 0.4) is 0 Å². The topological polar surface area (TPSA) is 96.0 Å². The lowest BCUT2D eigenvalue weighted by Crippen LogP contribution is -2.50. The van der Waals surface area contributed by atoms with Gasteiger partial charge >= 0.3 is 0 Å². The second-order valence-electron chi connectivity index (χ2n) is 7.63. The zero-order valence-corrected chi connectivity index (χ0v) is 16.3. The highest BCUT2D eigenvalue weighted by Crippen LogP contribution is 2.35. The van der Waals surface area contributed by atoms with Gasteiger partial charge in [-0.1, -0.05) is 12.1 Å². The van der Waals surface area contributed by atoms with E-state index >= 15 is 0 Å². The minimum absolute atomic E-state index is 0.0118. The molecule has 2 aromatic heterocycles. The van der Waals surface area contributed by atoms with E-state index in [2.05, 4.69) is 5.32 Å². The van der Waals surface area contributed by atoms with E-state index in [1.54, 1.807) is 28.0 Å². The first-order chi connectivity index (χ1) is 14.6. The van der Waals surface area contributed by atoms with Gasteiger partial charge in [0.2, 0.25) is 11.7 Å². The van der Waals surface area contributed by atoms with Crippen molar-refractivity contribution >= 4 is 34.4 Å². The summed E-state index contributed by atoms with van der Waals surface area (Å²) in [6.07, 6.45) is 3.21. The molecule has 1 N–H and O–H groups in total. The number of benzene rings is 1. The Bertz CT molecular complexity index is 1110. The van der Waals surface area contributed by atoms with E-state index in [9.17, 15) is 14.4 Å². The molecule has 2 aliphatic rings. The quantitative estimate of drug-likeness (QED) is 0.717. The van der Waals surface area contributed by atoms with E-state index in [1.165, 1.54) is 6.26 Å². The number of rotatable bonds is 4. The molecule has 8 heteroatoms. The largest absolute Gasteiger partial charge is 0.459 e. The lowest BCUT2D eigenvalue weighted by molar-refractivity contribution is -0.117. The fourth-order valence-corrected chi connectivity index (χ4v) is 3.70. The van der Waals surface area contributed by atoms with Crippen molar-refractivity contribution in [2.24, 2.45) is 5.92 Å². The summed E-state index contributed by atoms with van der Waals surface area (Å²) in [7, 11) is 0. The van der Waals surface area contributed by atoms with Crippen molar-refractivity contribution in [1.82, 2.24) is 9.80 Å². The average molecular weight is 407 g/mol. The first kappa shape index (κ1) is 18.5. The van der Waals surface area contributed by atoms with E-state index in [0.29, 0.717) is 42.8 Å². The molecule has 0 bridgehead atoms. The third kappa shape index (κ3) is 3.34. The second-order valence-corrected chi connectivity index (χ2v) is 7.63. The van der Waals surface area contributed by atoms with Crippen molar-refractivity contribution in [3.63, 3.8) is 0 Å². The summed E-state index contributed by atoms with van der Waals surface area (Å²) in [6.45, 7) is 1.54. The summed E-state index contributed by atoms with van der Waals surface area (Å²) in [5, 5.41) is 3.61. The van der Waals surface area contributed by atoms with Crippen LogP contribution in [0.2, 0.25) is 0 Å². The number of hydrogen-bond donors (Lipinski definition) is 1.